The second-order valence-electron chi connectivity index (χ2n) is 5.72. The van der Waals surface area contributed by atoms with Crippen molar-refractivity contribution in [2.75, 3.05) is 12.4 Å². The molecule has 21 heavy (non-hydrogen) atoms. The summed E-state index contributed by atoms with van der Waals surface area (Å²) >= 11 is 4.22. The fraction of sp³-hybridized carbons (Fsp3) is 0.722. The van der Waals surface area contributed by atoms with E-state index in [1.54, 1.807) is 0 Å². The van der Waals surface area contributed by atoms with Crippen molar-refractivity contribution in [1.29, 1.82) is 0 Å². The van der Waals surface area contributed by atoms with Crippen molar-refractivity contribution in [2.45, 2.75) is 64.2 Å². The molecule has 0 atom stereocenters. The van der Waals surface area contributed by atoms with Gasteiger partial charge in [0.15, 0.2) is 0 Å². The van der Waals surface area contributed by atoms with Gasteiger partial charge in [-0.2, -0.15) is 12.6 Å². The van der Waals surface area contributed by atoms with Gasteiger partial charge in [0.2, 0.25) is 0 Å². The Bertz CT molecular complexity index is 311. The Labute approximate surface area is 135 Å². The first-order valence-electron chi connectivity index (χ1n) is 8.47. The van der Waals surface area contributed by atoms with Crippen LogP contribution in [0.3, 0.4) is 0 Å². The van der Waals surface area contributed by atoms with Crippen LogP contribution in [-0.2, 0) is 9.53 Å². The maximum atomic E-state index is 11.6. The van der Waals surface area contributed by atoms with Crippen LogP contribution in [0.25, 0.3) is 0 Å². The Balaban J connectivity index is 1.77. The third-order valence-corrected chi connectivity index (χ3v) is 4.13. The highest BCUT2D eigenvalue weighted by molar-refractivity contribution is 7.80. The molecule has 0 amide bonds. The van der Waals surface area contributed by atoms with E-state index < -0.39 is 0 Å². The van der Waals surface area contributed by atoms with Crippen LogP contribution in [0.2, 0.25) is 0 Å². The van der Waals surface area contributed by atoms with Crippen molar-refractivity contribution in [2.24, 2.45) is 5.92 Å². The molecule has 1 rings (SSSR count). The molecular formula is C18H30O2S. The van der Waals surface area contributed by atoms with E-state index in [-0.39, 0.29) is 11.9 Å². The third kappa shape index (κ3) is 9.78. The summed E-state index contributed by atoms with van der Waals surface area (Å²) in [6.07, 6.45) is 20.3. The van der Waals surface area contributed by atoms with E-state index in [1.807, 2.05) is 24.3 Å². The summed E-state index contributed by atoms with van der Waals surface area (Å²) in [5, 5.41) is 0. The highest BCUT2D eigenvalue weighted by atomic mass is 32.1. The topological polar surface area (TPSA) is 26.3 Å². The second-order valence-corrected chi connectivity index (χ2v) is 6.17. The molecule has 1 aliphatic rings. The van der Waals surface area contributed by atoms with Crippen LogP contribution in [0.1, 0.15) is 64.2 Å². The first-order chi connectivity index (χ1) is 10.3. The average Bonchev–Trinajstić information content (AvgIpc) is 3.02. The lowest BCUT2D eigenvalue weighted by Gasteiger charge is -2.07. The molecule has 0 saturated heterocycles. The summed E-state index contributed by atoms with van der Waals surface area (Å²) in [4.78, 5) is 11.6. The number of esters is 1. The van der Waals surface area contributed by atoms with Crippen molar-refractivity contribution in [3.05, 3.63) is 24.3 Å². The third-order valence-electron chi connectivity index (χ3n) is 3.82. The summed E-state index contributed by atoms with van der Waals surface area (Å²) in [5.41, 5.74) is 0. The molecule has 0 heterocycles. The molecule has 0 bridgehead atoms. The van der Waals surface area contributed by atoms with Gasteiger partial charge in [-0.15, -0.1) is 0 Å². The standard InChI is InChI=1S/C18H30O2S/c19-18(17-13-9-10-14-17)20-15-11-7-5-3-1-2-4-6-8-12-16-21/h9-10,13-14,17,21H,1-8,11-12,15-16H2. The van der Waals surface area contributed by atoms with Gasteiger partial charge in [0.25, 0.3) is 0 Å². The number of carbonyl (C=O) groups is 1. The summed E-state index contributed by atoms with van der Waals surface area (Å²) in [7, 11) is 0. The number of ether oxygens (including phenoxy) is 1. The van der Waals surface area contributed by atoms with E-state index in [1.165, 1.54) is 57.8 Å². The summed E-state index contributed by atoms with van der Waals surface area (Å²) in [6, 6.07) is 0. The van der Waals surface area contributed by atoms with E-state index in [4.69, 9.17) is 4.74 Å². The van der Waals surface area contributed by atoms with Gasteiger partial charge < -0.3 is 4.74 Å². The number of hydrogen-bond donors (Lipinski definition) is 1. The highest BCUT2D eigenvalue weighted by Gasteiger charge is 2.14. The van der Waals surface area contributed by atoms with Crippen LogP contribution in [0.4, 0.5) is 0 Å². The minimum atomic E-state index is -0.146. The Morgan fingerprint density at radius 3 is 1.81 bits per heavy atom. The normalized spacial score (nSPS) is 14.0. The molecule has 0 aromatic rings. The smallest absolute Gasteiger partial charge is 0.316 e. The molecule has 0 radical (unpaired) electrons. The lowest BCUT2D eigenvalue weighted by atomic mass is 10.1. The van der Waals surface area contributed by atoms with Crippen LogP contribution >= 0.6 is 12.6 Å². The number of carbonyl (C=O) groups excluding carboxylic acids is 1. The zero-order chi connectivity index (χ0) is 15.2. The Kier molecular flexibility index (Phi) is 11.4. The number of allylic oxidation sites excluding steroid dienone is 2. The van der Waals surface area contributed by atoms with Gasteiger partial charge in [-0.25, -0.2) is 0 Å². The molecule has 0 fully saturated rings. The minimum absolute atomic E-state index is 0.110. The number of rotatable bonds is 13. The molecule has 0 aromatic carbocycles. The van der Waals surface area contributed by atoms with Crippen molar-refractivity contribution < 1.29 is 9.53 Å². The van der Waals surface area contributed by atoms with Crippen molar-refractivity contribution >= 4 is 18.6 Å². The van der Waals surface area contributed by atoms with Crippen LogP contribution in [0, 0.1) is 5.92 Å². The average molecular weight is 311 g/mol. The summed E-state index contributed by atoms with van der Waals surface area (Å²) in [6.45, 7) is 0.570. The minimum Gasteiger partial charge on any atom is -0.465 e. The molecule has 0 unspecified atom stereocenters. The number of hydrogen-bond acceptors (Lipinski definition) is 3. The quantitative estimate of drug-likeness (QED) is 0.291. The fourth-order valence-corrected chi connectivity index (χ4v) is 2.71. The van der Waals surface area contributed by atoms with Crippen LogP contribution < -0.4 is 0 Å². The molecule has 3 heteroatoms. The SMILES string of the molecule is O=C(OCCCCCCCCCCCCS)C1C=CC=C1. The molecule has 2 nitrogen and oxygen atoms in total. The zero-order valence-electron chi connectivity index (χ0n) is 13.1. The van der Waals surface area contributed by atoms with E-state index in [9.17, 15) is 4.79 Å². The Morgan fingerprint density at radius 1 is 0.810 bits per heavy atom. The van der Waals surface area contributed by atoms with Gasteiger partial charge in [0, 0.05) is 0 Å². The predicted octanol–water partition coefficient (Wildman–Crippen LogP) is 5.10. The first-order valence-corrected chi connectivity index (χ1v) is 9.10. The first kappa shape index (κ1) is 18.3. The molecule has 0 aromatic heterocycles. The van der Waals surface area contributed by atoms with E-state index >= 15 is 0 Å². The summed E-state index contributed by atoms with van der Waals surface area (Å²) < 4.78 is 5.26. The van der Waals surface area contributed by atoms with Gasteiger partial charge in [0.1, 0.15) is 0 Å². The molecule has 0 spiro atoms. The van der Waals surface area contributed by atoms with Gasteiger partial charge in [-0.05, 0) is 18.6 Å². The van der Waals surface area contributed by atoms with E-state index in [2.05, 4.69) is 12.6 Å². The van der Waals surface area contributed by atoms with Crippen LogP contribution in [-0.4, -0.2) is 18.3 Å². The maximum absolute atomic E-state index is 11.6. The molecule has 0 saturated carbocycles. The lowest BCUT2D eigenvalue weighted by molar-refractivity contribution is -0.145. The zero-order valence-corrected chi connectivity index (χ0v) is 14.0. The predicted molar refractivity (Wildman–Crippen MR) is 92.8 cm³/mol. The fourth-order valence-electron chi connectivity index (χ4n) is 2.49. The van der Waals surface area contributed by atoms with Crippen molar-refractivity contribution in [3.63, 3.8) is 0 Å². The van der Waals surface area contributed by atoms with Gasteiger partial charge >= 0.3 is 5.97 Å². The molecule has 120 valence electrons. The largest absolute Gasteiger partial charge is 0.465 e. The molecular weight excluding hydrogens is 280 g/mol. The van der Waals surface area contributed by atoms with E-state index in [0.29, 0.717) is 6.61 Å². The Hall–Kier alpha value is -0.700. The van der Waals surface area contributed by atoms with Gasteiger partial charge in [-0.1, -0.05) is 75.7 Å². The molecule has 1 aliphatic carbocycles. The Morgan fingerprint density at radius 2 is 1.29 bits per heavy atom. The maximum Gasteiger partial charge on any atom is 0.316 e. The van der Waals surface area contributed by atoms with Crippen molar-refractivity contribution in [3.8, 4) is 0 Å². The lowest BCUT2D eigenvalue weighted by Crippen LogP contribution is -2.13. The van der Waals surface area contributed by atoms with Crippen LogP contribution in [0.15, 0.2) is 24.3 Å². The highest BCUT2D eigenvalue weighted by Crippen LogP contribution is 2.13. The van der Waals surface area contributed by atoms with E-state index in [0.717, 1.165) is 12.2 Å². The second kappa shape index (κ2) is 13.0. The number of unbranched alkanes of at least 4 members (excludes halogenated alkanes) is 9. The molecule has 0 aliphatic heterocycles. The van der Waals surface area contributed by atoms with Crippen LogP contribution in [0.5, 0.6) is 0 Å². The number of thiol groups is 1. The van der Waals surface area contributed by atoms with Gasteiger partial charge in [-0.3, -0.25) is 4.79 Å². The van der Waals surface area contributed by atoms with Gasteiger partial charge in [0.05, 0.1) is 12.5 Å². The summed E-state index contributed by atoms with van der Waals surface area (Å²) in [5.74, 6) is 0.770. The molecule has 0 N–H and O–H groups in total. The van der Waals surface area contributed by atoms with Crippen molar-refractivity contribution in [1.82, 2.24) is 0 Å². The monoisotopic (exact) mass is 310 g/mol.